The average molecular weight is 489 g/mol. The summed E-state index contributed by atoms with van der Waals surface area (Å²) in [6, 6.07) is 8.28. The summed E-state index contributed by atoms with van der Waals surface area (Å²) in [6.07, 6.45) is 0. The number of aromatic hydroxyl groups is 2. The SMILES string of the molecule is O.O=c1c(N=Nc2cc(Cl)cc(S(=O)(=O)O)c2O)c(O)[nH]c2ccccc12.[Cr].[Na+]. The van der Waals surface area contributed by atoms with Gasteiger partial charge in [-0.05, 0) is 24.3 Å². The van der Waals surface area contributed by atoms with Crippen molar-refractivity contribution in [1.29, 1.82) is 0 Å². The van der Waals surface area contributed by atoms with Gasteiger partial charge in [-0.1, -0.05) is 23.7 Å². The third-order valence-corrected chi connectivity index (χ3v) is 4.50. The zero-order valence-electron chi connectivity index (χ0n) is 14.6. The Bertz CT molecular complexity index is 1230. The number of rotatable bonds is 3. The van der Waals surface area contributed by atoms with E-state index in [4.69, 9.17) is 16.2 Å². The predicted octanol–water partition coefficient (Wildman–Crippen LogP) is -0.568. The summed E-state index contributed by atoms with van der Waals surface area (Å²) < 4.78 is 31.6. The van der Waals surface area contributed by atoms with Crippen LogP contribution in [0.1, 0.15) is 0 Å². The monoisotopic (exact) mass is 488 g/mol. The zero-order chi connectivity index (χ0) is 19.1. The quantitative estimate of drug-likeness (QED) is 0.217. The van der Waals surface area contributed by atoms with Gasteiger partial charge in [0, 0.05) is 27.8 Å². The maximum atomic E-state index is 12.4. The van der Waals surface area contributed by atoms with Crippen LogP contribution in [-0.2, 0) is 27.5 Å². The summed E-state index contributed by atoms with van der Waals surface area (Å²) in [7, 11) is -4.76. The van der Waals surface area contributed by atoms with E-state index < -0.39 is 43.4 Å². The van der Waals surface area contributed by atoms with Crippen molar-refractivity contribution in [2.45, 2.75) is 4.90 Å². The van der Waals surface area contributed by atoms with Crippen molar-refractivity contribution in [3.05, 3.63) is 51.6 Å². The third kappa shape index (κ3) is 5.79. The second-order valence-electron chi connectivity index (χ2n) is 5.14. The van der Waals surface area contributed by atoms with E-state index in [1.807, 2.05) is 0 Å². The molecule has 0 aliphatic carbocycles. The molecule has 6 N–H and O–H groups in total. The number of para-hydroxylation sites is 1. The molecule has 0 aliphatic heterocycles. The Morgan fingerprint density at radius 3 is 2.31 bits per heavy atom. The molecule has 0 saturated heterocycles. The molecule has 0 spiro atoms. The van der Waals surface area contributed by atoms with Gasteiger partial charge in [0.05, 0.1) is 5.52 Å². The van der Waals surface area contributed by atoms with Crippen LogP contribution >= 0.6 is 11.6 Å². The Hall–Kier alpha value is -1.46. The molecule has 0 atom stereocenters. The number of phenols is 1. The molecule has 0 radical (unpaired) electrons. The Labute approximate surface area is 201 Å². The van der Waals surface area contributed by atoms with Gasteiger partial charge < -0.3 is 20.7 Å². The minimum Gasteiger partial charge on any atom is -0.504 e. The number of azo groups is 1. The van der Waals surface area contributed by atoms with Crippen molar-refractivity contribution in [2.75, 3.05) is 0 Å². The molecule has 3 aromatic rings. The van der Waals surface area contributed by atoms with Gasteiger partial charge in [-0.2, -0.15) is 8.42 Å². The maximum Gasteiger partial charge on any atom is 1.00 e. The van der Waals surface area contributed by atoms with Crippen LogP contribution in [0, 0.1) is 0 Å². The molecule has 0 fully saturated rings. The van der Waals surface area contributed by atoms with E-state index in [1.165, 1.54) is 6.07 Å². The molecule has 14 heteroatoms. The van der Waals surface area contributed by atoms with Crippen LogP contribution in [0.5, 0.6) is 11.6 Å². The summed E-state index contributed by atoms with van der Waals surface area (Å²) in [5.41, 5.74) is -1.11. The standard InChI is InChI=1S/C15H10ClN3O6S.Cr.Na.H2O/c16-7-5-10(14(21)11(6-7)26(23,24)25)18-19-12-13(20)8-3-1-2-4-9(8)17-15(12)22;;;/h1-6,21H,(H2,17,20,22)(H,23,24,25);;;1H2/q;;+1;. The van der Waals surface area contributed by atoms with Crippen LogP contribution in [0.15, 0.2) is 56.3 Å². The smallest absolute Gasteiger partial charge is 0.504 e. The van der Waals surface area contributed by atoms with Crippen molar-refractivity contribution in [2.24, 2.45) is 10.2 Å². The van der Waals surface area contributed by atoms with Gasteiger partial charge in [0.1, 0.15) is 10.6 Å². The van der Waals surface area contributed by atoms with Gasteiger partial charge in [0.15, 0.2) is 11.4 Å². The van der Waals surface area contributed by atoms with Crippen molar-refractivity contribution in [3.8, 4) is 11.6 Å². The van der Waals surface area contributed by atoms with Crippen LogP contribution in [0.4, 0.5) is 11.4 Å². The van der Waals surface area contributed by atoms with Crippen molar-refractivity contribution < 1.29 is 75.6 Å². The molecule has 0 saturated carbocycles. The van der Waals surface area contributed by atoms with Crippen LogP contribution in [0.25, 0.3) is 10.9 Å². The van der Waals surface area contributed by atoms with Gasteiger partial charge >= 0.3 is 29.6 Å². The number of nitrogens with one attached hydrogen (secondary N) is 1. The number of phenolic OH excluding ortho intramolecular Hbond substituents is 1. The van der Waals surface area contributed by atoms with Gasteiger partial charge in [0.2, 0.25) is 11.3 Å². The third-order valence-electron chi connectivity index (χ3n) is 3.42. The van der Waals surface area contributed by atoms with E-state index >= 15 is 0 Å². The molecule has 1 aromatic heterocycles. The van der Waals surface area contributed by atoms with Crippen LogP contribution in [-0.4, -0.2) is 33.6 Å². The fourth-order valence-electron chi connectivity index (χ4n) is 2.24. The maximum absolute atomic E-state index is 12.4. The number of aromatic nitrogens is 1. The number of halogens is 1. The number of hydrogen-bond acceptors (Lipinski definition) is 7. The number of aromatic amines is 1. The number of pyridine rings is 1. The number of fused-ring (bicyclic) bond motifs is 1. The van der Waals surface area contributed by atoms with E-state index in [1.54, 1.807) is 18.2 Å². The van der Waals surface area contributed by atoms with Crippen LogP contribution < -0.4 is 35.0 Å². The van der Waals surface area contributed by atoms with E-state index in [0.29, 0.717) is 5.52 Å². The minimum atomic E-state index is -4.76. The van der Waals surface area contributed by atoms with Gasteiger partial charge in [-0.3, -0.25) is 9.35 Å². The second-order valence-corrected chi connectivity index (χ2v) is 6.97. The van der Waals surface area contributed by atoms with E-state index in [2.05, 4.69) is 15.2 Å². The Kier molecular flexibility index (Phi) is 10.0. The van der Waals surface area contributed by atoms with Gasteiger partial charge in [-0.15, -0.1) is 10.2 Å². The van der Waals surface area contributed by atoms with Crippen molar-refractivity contribution in [3.63, 3.8) is 0 Å². The largest absolute Gasteiger partial charge is 1.00 e. The van der Waals surface area contributed by atoms with E-state index in [-0.39, 0.29) is 62.8 Å². The molecule has 2 aromatic carbocycles. The predicted molar refractivity (Wildman–Crippen MR) is 97.0 cm³/mol. The summed E-state index contributed by atoms with van der Waals surface area (Å²) in [5, 5.41) is 27.1. The molecule has 10 nitrogen and oxygen atoms in total. The molecule has 0 amide bonds. The van der Waals surface area contributed by atoms with Crippen LogP contribution in [0.2, 0.25) is 5.02 Å². The first-order valence-corrected chi connectivity index (χ1v) is 8.76. The number of nitrogens with zero attached hydrogens (tertiary/aromatic N) is 2. The minimum absolute atomic E-state index is 0. The second kappa shape index (κ2) is 10.5. The number of benzene rings is 2. The summed E-state index contributed by atoms with van der Waals surface area (Å²) in [5.74, 6) is -1.47. The Morgan fingerprint density at radius 2 is 1.69 bits per heavy atom. The van der Waals surface area contributed by atoms with E-state index in [9.17, 15) is 23.4 Å². The Balaban J connectivity index is 0.00000261. The van der Waals surface area contributed by atoms with Crippen molar-refractivity contribution in [1.82, 2.24) is 4.98 Å². The molecule has 1 heterocycles. The molecular weight excluding hydrogens is 477 g/mol. The molecule has 148 valence electrons. The van der Waals surface area contributed by atoms with Crippen LogP contribution in [0.3, 0.4) is 0 Å². The summed E-state index contributed by atoms with van der Waals surface area (Å²) >= 11 is 5.74. The fourth-order valence-corrected chi connectivity index (χ4v) is 3.14. The van der Waals surface area contributed by atoms with Gasteiger partial charge in [-0.25, -0.2) is 0 Å². The van der Waals surface area contributed by atoms with Gasteiger partial charge in [0.25, 0.3) is 10.1 Å². The first-order chi connectivity index (χ1) is 12.2. The summed E-state index contributed by atoms with van der Waals surface area (Å²) in [4.78, 5) is 14.1. The first kappa shape index (κ1) is 27.5. The van der Waals surface area contributed by atoms with Crippen molar-refractivity contribution >= 4 is 44.0 Å². The topological polar surface area (TPSA) is 184 Å². The zero-order valence-corrected chi connectivity index (χ0v) is 19.5. The first-order valence-electron chi connectivity index (χ1n) is 6.94. The molecule has 3 rings (SSSR count). The average Bonchev–Trinajstić information content (AvgIpc) is 2.56. The Morgan fingerprint density at radius 1 is 1.07 bits per heavy atom. The normalized spacial score (nSPS) is 10.8. The molecule has 0 unspecified atom stereocenters. The molecular formula is C15H12ClCrN3NaO7S+. The molecule has 0 bridgehead atoms. The molecule has 0 aliphatic rings. The van der Waals surface area contributed by atoms with E-state index in [0.717, 1.165) is 12.1 Å². The number of H-pyrrole nitrogens is 1. The molecule has 29 heavy (non-hydrogen) atoms. The fraction of sp³-hybridized carbons (Fsp3) is 0. The summed E-state index contributed by atoms with van der Waals surface area (Å²) in [6.45, 7) is 0. The number of hydrogen-bond donors (Lipinski definition) is 4.